The molecule has 1 aliphatic rings. The smallest absolute Gasteiger partial charge is 0.326 e. The van der Waals surface area contributed by atoms with Crippen LogP contribution < -0.4 is 5.32 Å². The number of aliphatic carboxylic acids is 1. The van der Waals surface area contributed by atoms with Crippen molar-refractivity contribution < 1.29 is 24.5 Å². The molecular formula is C11H20N2O5. The van der Waals surface area contributed by atoms with Gasteiger partial charge in [-0.1, -0.05) is 6.92 Å². The van der Waals surface area contributed by atoms with Gasteiger partial charge in [0.2, 0.25) is 0 Å². The van der Waals surface area contributed by atoms with Crippen LogP contribution in [0.2, 0.25) is 0 Å². The summed E-state index contributed by atoms with van der Waals surface area (Å²) in [5.41, 5.74) is 0. The molecule has 0 aromatic heterocycles. The predicted octanol–water partition coefficient (Wildman–Crippen LogP) is -0.359. The van der Waals surface area contributed by atoms with Crippen LogP contribution in [-0.4, -0.2) is 65.1 Å². The highest BCUT2D eigenvalue weighted by molar-refractivity contribution is 5.82. The normalized spacial score (nSPS) is 25.6. The van der Waals surface area contributed by atoms with E-state index >= 15 is 0 Å². The van der Waals surface area contributed by atoms with Crippen molar-refractivity contribution in [2.45, 2.75) is 38.5 Å². The first kappa shape index (κ1) is 14.7. The number of carbonyl (C=O) groups excluding carboxylic acids is 1. The number of carboxylic acids is 1. The fourth-order valence-electron chi connectivity index (χ4n) is 1.78. The van der Waals surface area contributed by atoms with Crippen molar-refractivity contribution in [3.05, 3.63) is 0 Å². The zero-order valence-electron chi connectivity index (χ0n) is 10.6. The van der Waals surface area contributed by atoms with Gasteiger partial charge in [-0.2, -0.15) is 0 Å². The zero-order valence-corrected chi connectivity index (χ0v) is 10.6. The molecular weight excluding hydrogens is 240 g/mol. The third-order valence-electron chi connectivity index (χ3n) is 2.97. The fraction of sp³-hybridized carbons (Fsp3) is 0.818. The average Bonchev–Trinajstić information content (AvgIpc) is 2.35. The zero-order chi connectivity index (χ0) is 13.7. The lowest BCUT2D eigenvalue weighted by Crippen LogP contribution is -2.57. The summed E-state index contributed by atoms with van der Waals surface area (Å²) in [5.74, 6) is -1.05. The molecule has 0 aromatic carbocycles. The Labute approximate surface area is 106 Å². The van der Waals surface area contributed by atoms with Crippen LogP contribution in [0.25, 0.3) is 0 Å². The van der Waals surface area contributed by atoms with Gasteiger partial charge in [0, 0.05) is 0 Å². The van der Waals surface area contributed by atoms with Crippen LogP contribution in [0.5, 0.6) is 0 Å². The van der Waals surface area contributed by atoms with E-state index in [0.717, 1.165) is 0 Å². The van der Waals surface area contributed by atoms with Crippen molar-refractivity contribution >= 4 is 12.0 Å². The highest BCUT2D eigenvalue weighted by atomic mass is 16.5. The van der Waals surface area contributed by atoms with Crippen molar-refractivity contribution in [1.29, 1.82) is 0 Å². The van der Waals surface area contributed by atoms with Gasteiger partial charge in [-0.25, -0.2) is 9.59 Å². The summed E-state index contributed by atoms with van der Waals surface area (Å²) in [5, 5.41) is 20.4. The van der Waals surface area contributed by atoms with Crippen LogP contribution >= 0.6 is 0 Å². The molecule has 2 amide bonds. The van der Waals surface area contributed by atoms with Crippen molar-refractivity contribution in [3.63, 3.8) is 0 Å². The standard InChI is InChI=1S/C11H20N2O5/c1-3-9(10(15)16)12-11(17)13-4-8(5-14)18-6-7(13)2/h7-9,14H,3-6H2,1-2H3,(H,12,17)(H,15,16)/t7?,8?,9-/m0/s1. The predicted molar refractivity (Wildman–Crippen MR) is 63.2 cm³/mol. The highest BCUT2D eigenvalue weighted by Crippen LogP contribution is 2.12. The molecule has 0 saturated carbocycles. The molecule has 7 heteroatoms. The van der Waals surface area contributed by atoms with E-state index in [1.54, 1.807) is 6.92 Å². The maximum absolute atomic E-state index is 12.0. The lowest BCUT2D eigenvalue weighted by Gasteiger charge is -2.37. The molecule has 104 valence electrons. The van der Waals surface area contributed by atoms with Gasteiger partial charge in [0.15, 0.2) is 0 Å². The Bertz CT molecular complexity index is 310. The molecule has 2 unspecified atom stereocenters. The summed E-state index contributed by atoms with van der Waals surface area (Å²) in [6.07, 6.45) is -0.0830. The van der Waals surface area contributed by atoms with Gasteiger partial charge in [0.25, 0.3) is 0 Å². The highest BCUT2D eigenvalue weighted by Gasteiger charge is 2.31. The lowest BCUT2D eigenvalue weighted by molar-refractivity contribution is -0.139. The quantitative estimate of drug-likeness (QED) is 0.641. The molecule has 1 saturated heterocycles. The Balaban J connectivity index is 2.61. The van der Waals surface area contributed by atoms with Crippen molar-refractivity contribution in [2.24, 2.45) is 0 Å². The molecule has 0 aromatic rings. The van der Waals surface area contributed by atoms with E-state index in [4.69, 9.17) is 14.9 Å². The minimum absolute atomic E-state index is 0.140. The summed E-state index contributed by atoms with van der Waals surface area (Å²) in [6.45, 7) is 3.95. The van der Waals surface area contributed by atoms with Gasteiger partial charge in [-0.05, 0) is 13.3 Å². The minimum Gasteiger partial charge on any atom is -0.480 e. The molecule has 0 spiro atoms. The Morgan fingerprint density at radius 1 is 1.56 bits per heavy atom. The van der Waals surface area contributed by atoms with E-state index < -0.39 is 24.1 Å². The number of nitrogens with zero attached hydrogens (tertiary/aromatic N) is 1. The van der Waals surface area contributed by atoms with E-state index in [1.165, 1.54) is 4.90 Å². The Morgan fingerprint density at radius 3 is 2.72 bits per heavy atom. The van der Waals surface area contributed by atoms with Crippen LogP contribution in [0.4, 0.5) is 4.79 Å². The Kier molecular flexibility index (Phi) is 5.36. The van der Waals surface area contributed by atoms with E-state index in [0.29, 0.717) is 13.0 Å². The molecule has 1 rings (SSSR count). The van der Waals surface area contributed by atoms with E-state index in [9.17, 15) is 9.59 Å². The monoisotopic (exact) mass is 260 g/mol. The molecule has 0 radical (unpaired) electrons. The molecule has 3 N–H and O–H groups in total. The van der Waals surface area contributed by atoms with Gasteiger partial charge in [0.1, 0.15) is 6.04 Å². The number of nitrogens with one attached hydrogen (secondary N) is 1. The van der Waals surface area contributed by atoms with Crippen LogP contribution in [-0.2, 0) is 9.53 Å². The molecule has 1 aliphatic heterocycles. The van der Waals surface area contributed by atoms with Gasteiger partial charge in [0.05, 0.1) is 31.9 Å². The molecule has 7 nitrogen and oxygen atoms in total. The molecule has 3 atom stereocenters. The minimum atomic E-state index is -1.05. The molecule has 1 heterocycles. The summed E-state index contributed by atoms with van der Waals surface area (Å²) in [6, 6.07) is -1.46. The number of amides is 2. The molecule has 0 aliphatic carbocycles. The van der Waals surface area contributed by atoms with Gasteiger partial charge in [-0.15, -0.1) is 0 Å². The molecule has 0 bridgehead atoms. The van der Waals surface area contributed by atoms with Crippen LogP contribution in [0.3, 0.4) is 0 Å². The molecule has 1 fully saturated rings. The number of morpholine rings is 1. The van der Waals surface area contributed by atoms with Gasteiger partial charge < -0.3 is 25.2 Å². The molecule has 18 heavy (non-hydrogen) atoms. The van der Waals surface area contributed by atoms with Crippen molar-refractivity contribution in [3.8, 4) is 0 Å². The van der Waals surface area contributed by atoms with Gasteiger partial charge in [-0.3, -0.25) is 0 Å². The van der Waals surface area contributed by atoms with E-state index in [-0.39, 0.29) is 19.2 Å². The summed E-state index contributed by atoms with van der Waals surface area (Å²) >= 11 is 0. The second kappa shape index (κ2) is 6.55. The van der Waals surface area contributed by atoms with Crippen molar-refractivity contribution in [2.75, 3.05) is 19.8 Å². The maximum Gasteiger partial charge on any atom is 0.326 e. The largest absolute Gasteiger partial charge is 0.480 e. The number of aliphatic hydroxyl groups is 1. The van der Waals surface area contributed by atoms with Crippen LogP contribution in [0.1, 0.15) is 20.3 Å². The SMILES string of the molecule is CC[C@H](NC(=O)N1CC(CO)OCC1C)C(=O)O. The number of ether oxygens (including phenoxy) is 1. The topological polar surface area (TPSA) is 99.1 Å². The number of hydrogen-bond acceptors (Lipinski definition) is 4. The second-order valence-electron chi connectivity index (χ2n) is 4.39. The Hall–Kier alpha value is -1.34. The number of urea groups is 1. The first-order valence-corrected chi connectivity index (χ1v) is 6.02. The summed E-state index contributed by atoms with van der Waals surface area (Å²) < 4.78 is 5.31. The number of carbonyl (C=O) groups is 2. The fourth-order valence-corrected chi connectivity index (χ4v) is 1.78. The first-order valence-electron chi connectivity index (χ1n) is 6.02. The summed E-state index contributed by atoms with van der Waals surface area (Å²) in [4.78, 5) is 24.3. The number of hydrogen-bond donors (Lipinski definition) is 3. The van der Waals surface area contributed by atoms with E-state index in [1.807, 2.05) is 6.92 Å². The van der Waals surface area contributed by atoms with Crippen LogP contribution in [0, 0.1) is 0 Å². The number of carboxylic acid groups (broad SMARTS) is 1. The lowest BCUT2D eigenvalue weighted by atomic mass is 10.2. The first-order chi connectivity index (χ1) is 8.49. The second-order valence-corrected chi connectivity index (χ2v) is 4.39. The Morgan fingerprint density at radius 2 is 2.22 bits per heavy atom. The average molecular weight is 260 g/mol. The third kappa shape index (κ3) is 3.58. The van der Waals surface area contributed by atoms with Crippen molar-refractivity contribution in [1.82, 2.24) is 10.2 Å². The number of aliphatic hydroxyl groups excluding tert-OH is 1. The van der Waals surface area contributed by atoms with Gasteiger partial charge >= 0.3 is 12.0 Å². The summed E-state index contributed by atoms with van der Waals surface area (Å²) in [7, 11) is 0. The third-order valence-corrected chi connectivity index (χ3v) is 2.97. The number of rotatable bonds is 4. The van der Waals surface area contributed by atoms with E-state index in [2.05, 4.69) is 5.32 Å². The maximum atomic E-state index is 12.0. The van der Waals surface area contributed by atoms with Crippen LogP contribution in [0.15, 0.2) is 0 Å².